The summed E-state index contributed by atoms with van der Waals surface area (Å²) in [6, 6.07) is 3.89. The normalized spacial score (nSPS) is 12.4. The maximum absolute atomic E-state index is 12.1. The Balaban J connectivity index is 1.94. The van der Waals surface area contributed by atoms with E-state index in [-0.39, 0.29) is 12.1 Å². The van der Waals surface area contributed by atoms with Crippen molar-refractivity contribution in [1.29, 1.82) is 0 Å². The third-order valence-electron chi connectivity index (χ3n) is 3.41. The highest BCUT2D eigenvalue weighted by molar-refractivity contribution is 7.10. The van der Waals surface area contributed by atoms with Crippen LogP contribution in [0.15, 0.2) is 22.0 Å². The Labute approximate surface area is 128 Å². The zero-order valence-electron chi connectivity index (χ0n) is 12.8. The third-order valence-corrected chi connectivity index (χ3v) is 4.37. The Morgan fingerprint density at radius 2 is 2.19 bits per heavy atom. The Bertz CT molecular complexity index is 571. The molecular formula is C15H21N3O2S. The number of nitrogens with one attached hydrogen (secondary N) is 2. The second-order valence-electron chi connectivity index (χ2n) is 5.37. The lowest BCUT2D eigenvalue weighted by Crippen LogP contribution is -2.39. The lowest BCUT2D eigenvalue weighted by molar-refractivity contribution is 0.233. The summed E-state index contributed by atoms with van der Waals surface area (Å²) in [5.74, 6) is 1.07. The topological polar surface area (TPSA) is 67.2 Å². The molecule has 1 atom stereocenters. The van der Waals surface area contributed by atoms with Crippen molar-refractivity contribution in [1.82, 2.24) is 15.8 Å². The number of hydrogen-bond acceptors (Lipinski definition) is 4. The maximum atomic E-state index is 12.1. The van der Waals surface area contributed by atoms with Gasteiger partial charge in [-0.2, -0.15) is 0 Å². The number of carbonyl (C=O) groups is 1. The van der Waals surface area contributed by atoms with Crippen LogP contribution < -0.4 is 10.6 Å². The quantitative estimate of drug-likeness (QED) is 0.887. The fourth-order valence-corrected chi connectivity index (χ4v) is 3.10. The number of aromatic nitrogens is 1. The van der Waals surface area contributed by atoms with Crippen LogP contribution in [0, 0.1) is 19.8 Å². The molecule has 0 radical (unpaired) electrons. The molecule has 114 valence electrons. The van der Waals surface area contributed by atoms with E-state index in [4.69, 9.17) is 4.52 Å². The van der Waals surface area contributed by atoms with Crippen LogP contribution >= 0.6 is 11.3 Å². The molecule has 0 fully saturated rings. The Kier molecular flexibility index (Phi) is 5.01. The van der Waals surface area contributed by atoms with E-state index >= 15 is 0 Å². The third kappa shape index (κ3) is 3.85. The highest BCUT2D eigenvalue weighted by Gasteiger charge is 2.19. The summed E-state index contributed by atoms with van der Waals surface area (Å²) in [6.45, 7) is 8.33. The summed E-state index contributed by atoms with van der Waals surface area (Å²) in [4.78, 5) is 13.3. The number of amides is 2. The molecule has 0 unspecified atom stereocenters. The smallest absolute Gasteiger partial charge is 0.315 e. The number of rotatable bonds is 5. The van der Waals surface area contributed by atoms with Crippen LogP contribution in [0.1, 0.15) is 41.8 Å². The molecule has 0 aliphatic rings. The van der Waals surface area contributed by atoms with Crippen LogP contribution in [0.5, 0.6) is 0 Å². The van der Waals surface area contributed by atoms with E-state index in [9.17, 15) is 4.79 Å². The van der Waals surface area contributed by atoms with Gasteiger partial charge >= 0.3 is 6.03 Å². The minimum Gasteiger partial charge on any atom is -0.361 e. The molecule has 2 aromatic rings. The van der Waals surface area contributed by atoms with Crippen LogP contribution in [-0.2, 0) is 6.54 Å². The summed E-state index contributed by atoms with van der Waals surface area (Å²) in [5, 5.41) is 11.8. The van der Waals surface area contributed by atoms with Gasteiger partial charge in [0.2, 0.25) is 0 Å². The molecule has 2 rings (SSSR count). The molecule has 5 nitrogen and oxygen atoms in total. The summed E-state index contributed by atoms with van der Waals surface area (Å²) < 4.78 is 5.09. The van der Waals surface area contributed by atoms with E-state index in [0.29, 0.717) is 12.5 Å². The van der Waals surface area contributed by atoms with Crippen LogP contribution in [0.3, 0.4) is 0 Å². The molecule has 0 bridgehead atoms. The number of thiophene rings is 1. The molecule has 2 amide bonds. The molecule has 21 heavy (non-hydrogen) atoms. The molecule has 0 aromatic carbocycles. The van der Waals surface area contributed by atoms with Gasteiger partial charge in [-0.3, -0.25) is 0 Å². The summed E-state index contributed by atoms with van der Waals surface area (Å²) in [6.07, 6.45) is 0. The van der Waals surface area contributed by atoms with Crippen LogP contribution in [-0.4, -0.2) is 11.2 Å². The summed E-state index contributed by atoms with van der Waals surface area (Å²) >= 11 is 1.65. The largest absolute Gasteiger partial charge is 0.361 e. The molecule has 2 N–H and O–H groups in total. The minimum atomic E-state index is -0.179. The first kappa shape index (κ1) is 15.6. The van der Waals surface area contributed by atoms with Crippen molar-refractivity contribution >= 4 is 17.4 Å². The fourth-order valence-electron chi connectivity index (χ4n) is 2.15. The minimum absolute atomic E-state index is 0.0228. The molecule has 0 spiro atoms. The summed E-state index contributed by atoms with van der Waals surface area (Å²) in [7, 11) is 0. The van der Waals surface area contributed by atoms with E-state index in [0.717, 1.165) is 21.9 Å². The van der Waals surface area contributed by atoms with Gasteiger partial charge in [0.1, 0.15) is 5.76 Å². The predicted octanol–water partition coefficient (Wildman–Crippen LogP) is 3.55. The summed E-state index contributed by atoms with van der Waals surface area (Å²) in [5.41, 5.74) is 1.74. The Morgan fingerprint density at radius 3 is 2.71 bits per heavy atom. The number of hydrogen-bond donors (Lipinski definition) is 2. The van der Waals surface area contributed by atoms with Crippen molar-refractivity contribution in [2.24, 2.45) is 5.92 Å². The maximum Gasteiger partial charge on any atom is 0.315 e. The highest BCUT2D eigenvalue weighted by atomic mass is 32.1. The van der Waals surface area contributed by atoms with Crippen molar-refractivity contribution in [2.45, 2.75) is 40.3 Å². The van der Waals surface area contributed by atoms with Gasteiger partial charge in [0.15, 0.2) is 0 Å². The van der Waals surface area contributed by atoms with Crippen LogP contribution in [0.2, 0.25) is 0 Å². The van der Waals surface area contributed by atoms with Crippen molar-refractivity contribution in [2.75, 3.05) is 0 Å². The van der Waals surface area contributed by atoms with E-state index < -0.39 is 0 Å². The molecule has 6 heteroatoms. The number of nitrogens with zero attached hydrogens (tertiary/aromatic N) is 1. The molecular weight excluding hydrogens is 286 g/mol. The molecule has 2 aromatic heterocycles. The van der Waals surface area contributed by atoms with Gasteiger partial charge < -0.3 is 15.2 Å². The molecule has 0 aliphatic heterocycles. The van der Waals surface area contributed by atoms with E-state index in [2.05, 4.69) is 29.6 Å². The number of aryl methyl sites for hydroxylation is 2. The van der Waals surface area contributed by atoms with Crippen LogP contribution in [0.25, 0.3) is 0 Å². The molecule has 0 saturated heterocycles. The van der Waals surface area contributed by atoms with Gasteiger partial charge in [-0.15, -0.1) is 11.3 Å². The zero-order valence-corrected chi connectivity index (χ0v) is 13.6. The zero-order chi connectivity index (χ0) is 15.4. The molecule has 0 aliphatic carbocycles. The first-order valence-electron chi connectivity index (χ1n) is 6.98. The van der Waals surface area contributed by atoms with Gasteiger partial charge in [0.25, 0.3) is 0 Å². The van der Waals surface area contributed by atoms with Gasteiger partial charge in [-0.1, -0.05) is 25.1 Å². The highest BCUT2D eigenvalue weighted by Crippen LogP contribution is 2.25. The average molecular weight is 307 g/mol. The van der Waals surface area contributed by atoms with Gasteiger partial charge in [0.05, 0.1) is 11.7 Å². The van der Waals surface area contributed by atoms with Gasteiger partial charge in [-0.05, 0) is 31.2 Å². The lowest BCUT2D eigenvalue weighted by atomic mass is 10.0. The predicted molar refractivity (Wildman–Crippen MR) is 83.2 cm³/mol. The van der Waals surface area contributed by atoms with Crippen molar-refractivity contribution in [3.8, 4) is 0 Å². The monoisotopic (exact) mass is 307 g/mol. The average Bonchev–Trinajstić information content (AvgIpc) is 3.05. The Morgan fingerprint density at radius 1 is 1.43 bits per heavy atom. The van der Waals surface area contributed by atoms with E-state index in [1.807, 2.05) is 31.4 Å². The molecule has 2 heterocycles. The SMILES string of the molecule is Cc1noc(C)c1CNC(=O)N[C@H](c1cccs1)C(C)C. The van der Waals surface area contributed by atoms with Crippen molar-refractivity contribution in [3.05, 3.63) is 39.4 Å². The lowest BCUT2D eigenvalue weighted by Gasteiger charge is -2.21. The first-order valence-corrected chi connectivity index (χ1v) is 7.86. The van der Waals surface area contributed by atoms with E-state index in [1.165, 1.54) is 0 Å². The van der Waals surface area contributed by atoms with Crippen LogP contribution in [0.4, 0.5) is 4.79 Å². The molecule has 0 saturated carbocycles. The number of urea groups is 1. The first-order chi connectivity index (χ1) is 9.99. The number of carbonyl (C=O) groups excluding carboxylic acids is 1. The van der Waals surface area contributed by atoms with Gasteiger partial charge in [0, 0.05) is 17.0 Å². The van der Waals surface area contributed by atoms with Gasteiger partial charge in [-0.25, -0.2) is 4.79 Å². The second-order valence-corrected chi connectivity index (χ2v) is 6.35. The Hall–Kier alpha value is -1.82. The van der Waals surface area contributed by atoms with E-state index in [1.54, 1.807) is 11.3 Å². The van der Waals surface area contributed by atoms with Crippen molar-refractivity contribution < 1.29 is 9.32 Å². The fraction of sp³-hybridized carbons (Fsp3) is 0.467. The standard InChI is InChI=1S/C15H21N3O2S/c1-9(2)14(13-6-5-7-21-13)17-15(19)16-8-12-10(3)18-20-11(12)4/h5-7,9,14H,8H2,1-4H3,(H2,16,17,19)/t14-/m0/s1. The van der Waals surface area contributed by atoms with Crippen molar-refractivity contribution in [3.63, 3.8) is 0 Å². The second kappa shape index (κ2) is 6.76.